The molecule has 0 radical (unpaired) electrons. The number of rotatable bonds is 3. The number of aromatic carboxylic acids is 1. The lowest BCUT2D eigenvalue weighted by molar-refractivity contribution is 0.0652. The van der Waals surface area contributed by atoms with Gasteiger partial charge in [-0.3, -0.25) is 0 Å². The number of aromatic nitrogens is 1. The number of phenolic OH excluding ortho intramolecular Hbond substituents is 1. The van der Waals surface area contributed by atoms with Gasteiger partial charge in [0.15, 0.2) is 11.5 Å². The minimum Gasteiger partial charge on any atom is -0.504 e. The molecule has 0 bridgehead atoms. The third-order valence-electron chi connectivity index (χ3n) is 2.64. The van der Waals surface area contributed by atoms with Gasteiger partial charge in [-0.2, -0.15) is 0 Å². The molecule has 0 saturated heterocycles. The average molecular weight is 284 g/mol. The highest BCUT2D eigenvalue weighted by molar-refractivity contribution is 6.32. The van der Waals surface area contributed by atoms with Gasteiger partial charge >= 0.3 is 5.97 Å². The highest BCUT2D eigenvalue weighted by Gasteiger charge is 2.21. The van der Waals surface area contributed by atoms with Crippen LogP contribution in [0.2, 0.25) is 5.02 Å². The third kappa shape index (κ3) is 2.22. The fourth-order valence-corrected chi connectivity index (χ4v) is 1.92. The molecule has 100 valence electrons. The number of nitrogens with zero attached hydrogens (tertiary/aromatic N) is 1. The Balaban J connectivity index is 2.69. The summed E-state index contributed by atoms with van der Waals surface area (Å²) in [4.78, 5) is 10.8. The second-order valence-corrected chi connectivity index (χ2v) is 4.20. The first kappa shape index (κ1) is 13.2. The molecule has 19 heavy (non-hydrogen) atoms. The number of aromatic hydroxyl groups is 1. The Kier molecular flexibility index (Phi) is 3.35. The molecule has 7 heteroatoms. The van der Waals surface area contributed by atoms with Gasteiger partial charge in [-0.1, -0.05) is 16.8 Å². The van der Waals surface area contributed by atoms with Crippen molar-refractivity contribution in [2.75, 3.05) is 7.11 Å². The molecule has 0 aliphatic heterocycles. The Bertz CT molecular complexity index is 650. The van der Waals surface area contributed by atoms with E-state index < -0.39 is 5.97 Å². The molecule has 0 fully saturated rings. The molecular formula is C12H10ClNO5. The first-order valence-corrected chi connectivity index (χ1v) is 5.60. The normalized spacial score (nSPS) is 10.5. The highest BCUT2D eigenvalue weighted by atomic mass is 35.5. The summed E-state index contributed by atoms with van der Waals surface area (Å²) in [6, 6.07) is 2.58. The van der Waals surface area contributed by atoms with E-state index in [2.05, 4.69) is 9.68 Å². The zero-order valence-corrected chi connectivity index (χ0v) is 10.9. The molecule has 6 nitrogen and oxygen atoms in total. The van der Waals surface area contributed by atoms with Crippen LogP contribution < -0.4 is 4.74 Å². The molecule has 0 aliphatic rings. The van der Waals surface area contributed by atoms with Crippen molar-refractivity contribution in [3.63, 3.8) is 0 Å². The van der Waals surface area contributed by atoms with Crippen LogP contribution in [0.15, 0.2) is 16.7 Å². The van der Waals surface area contributed by atoms with Gasteiger partial charge in [-0.25, -0.2) is 4.79 Å². The molecule has 1 aromatic heterocycles. The number of carbonyl (C=O) groups is 1. The number of benzene rings is 1. The van der Waals surface area contributed by atoms with Crippen molar-refractivity contribution in [3.05, 3.63) is 28.5 Å². The van der Waals surface area contributed by atoms with Crippen LogP contribution in [0.25, 0.3) is 11.3 Å². The van der Waals surface area contributed by atoms with Crippen LogP contribution in [0, 0.1) is 6.92 Å². The molecule has 1 aromatic carbocycles. The van der Waals surface area contributed by atoms with Crippen molar-refractivity contribution in [1.82, 2.24) is 5.16 Å². The summed E-state index contributed by atoms with van der Waals surface area (Å²) >= 11 is 5.98. The Morgan fingerprint density at radius 3 is 2.68 bits per heavy atom. The van der Waals surface area contributed by atoms with Gasteiger partial charge in [0.05, 0.1) is 12.7 Å². The molecule has 0 unspecified atom stereocenters. The number of ether oxygens (including phenoxy) is 1. The van der Waals surface area contributed by atoms with Crippen LogP contribution in [0.3, 0.4) is 0 Å². The van der Waals surface area contributed by atoms with E-state index in [-0.39, 0.29) is 23.0 Å². The molecular weight excluding hydrogens is 274 g/mol. The Morgan fingerprint density at radius 2 is 2.16 bits per heavy atom. The molecule has 2 N–H and O–H groups in total. The summed E-state index contributed by atoms with van der Waals surface area (Å²) in [5.74, 6) is -1.54. The molecule has 0 saturated carbocycles. The first-order chi connectivity index (χ1) is 8.95. The Morgan fingerprint density at radius 1 is 1.47 bits per heavy atom. The fourth-order valence-electron chi connectivity index (χ4n) is 1.72. The van der Waals surface area contributed by atoms with Crippen LogP contribution in [-0.4, -0.2) is 28.4 Å². The van der Waals surface area contributed by atoms with E-state index in [1.165, 1.54) is 19.2 Å². The topological polar surface area (TPSA) is 92.8 Å². The average Bonchev–Trinajstić information content (AvgIpc) is 2.82. The van der Waals surface area contributed by atoms with Crippen LogP contribution >= 0.6 is 11.6 Å². The number of hydrogen-bond acceptors (Lipinski definition) is 5. The van der Waals surface area contributed by atoms with E-state index in [1.54, 1.807) is 6.92 Å². The zero-order chi connectivity index (χ0) is 14.2. The third-order valence-corrected chi connectivity index (χ3v) is 3.03. The first-order valence-electron chi connectivity index (χ1n) is 5.22. The lowest BCUT2D eigenvalue weighted by atomic mass is 10.0. The maximum atomic E-state index is 10.8. The van der Waals surface area contributed by atoms with Crippen LogP contribution in [-0.2, 0) is 0 Å². The van der Waals surface area contributed by atoms with Crippen molar-refractivity contribution in [2.24, 2.45) is 0 Å². The van der Waals surface area contributed by atoms with Gasteiger partial charge in [0.25, 0.3) is 0 Å². The van der Waals surface area contributed by atoms with E-state index in [4.69, 9.17) is 21.4 Å². The molecule has 0 aliphatic carbocycles. The quantitative estimate of drug-likeness (QED) is 0.899. The Labute approximate surface area is 113 Å². The van der Waals surface area contributed by atoms with Crippen molar-refractivity contribution in [2.45, 2.75) is 6.92 Å². The summed E-state index contributed by atoms with van der Waals surface area (Å²) in [5.41, 5.74) is 1.22. The van der Waals surface area contributed by atoms with E-state index in [1.807, 2.05) is 0 Å². The van der Waals surface area contributed by atoms with Gasteiger partial charge in [0.1, 0.15) is 5.69 Å². The largest absolute Gasteiger partial charge is 0.504 e. The number of hydrogen-bond donors (Lipinski definition) is 2. The monoisotopic (exact) mass is 283 g/mol. The lowest BCUT2D eigenvalue weighted by Gasteiger charge is -2.12. The van der Waals surface area contributed by atoms with E-state index in [9.17, 15) is 9.90 Å². The van der Waals surface area contributed by atoms with Gasteiger partial charge in [-0.15, -0.1) is 0 Å². The van der Waals surface area contributed by atoms with Crippen molar-refractivity contribution in [3.8, 4) is 22.8 Å². The lowest BCUT2D eigenvalue weighted by Crippen LogP contribution is -1.94. The number of phenols is 1. The number of halogens is 1. The zero-order valence-electron chi connectivity index (χ0n) is 10.1. The van der Waals surface area contributed by atoms with Crippen molar-refractivity contribution < 1.29 is 24.3 Å². The van der Waals surface area contributed by atoms with E-state index in [0.717, 1.165) is 0 Å². The summed E-state index contributed by atoms with van der Waals surface area (Å²) in [6.45, 7) is 1.70. The minimum atomic E-state index is -1.23. The van der Waals surface area contributed by atoms with E-state index in [0.29, 0.717) is 16.1 Å². The Hall–Kier alpha value is -2.21. The van der Waals surface area contributed by atoms with Gasteiger partial charge < -0.3 is 19.5 Å². The molecule has 0 amide bonds. The standard InChI is InChI=1S/C12H10ClNO5/c1-5-6(13)3-8(15)11(18-2)10(5)7-4-9(12(16)17)19-14-7/h3-4,15H,1-2H3,(H,16,17). The van der Waals surface area contributed by atoms with Crippen LogP contribution in [0.1, 0.15) is 16.1 Å². The van der Waals surface area contributed by atoms with Crippen LogP contribution in [0.5, 0.6) is 11.5 Å². The van der Waals surface area contributed by atoms with Crippen molar-refractivity contribution >= 4 is 17.6 Å². The summed E-state index contributed by atoms with van der Waals surface area (Å²) < 4.78 is 9.78. The number of methoxy groups -OCH3 is 1. The van der Waals surface area contributed by atoms with Crippen LogP contribution in [0.4, 0.5) is 0 Å². The highest BCUT2D eigenvalue weighted by Crippen LogP contribution is 2.42. The molecule has 1 heterocycles. The van der Waals surface area contributed by atoms with E-state index >= 15 is 0 Å². The fraction of sp³-hybridized carbons (Fsp3) is 0.167. The summed E-state index contributed by atoms with van der Waals surface area (Å²) in [7, 11) is 1.38. The predicted molar refractivity (Wildman–Crippen MR) is 66.9 cm³/mol. The number of carboxylic acids is 1. The smallest absolute Gasteiger partial charge is 0.374 e. The van der Waals surface area contributed by atoms with Gasteiger partial charge in [0.2, 0.25) is 5.76 Å². The second-order valence-electron chi connectivity index (χ2n) is 3.79. The summed E-state index contributed by atoms with van der Waals surface area (Å²) in [5, 5.41) is 22.6. The molecule has 2 rings (SSSR count). The maximum absolute atomic E-state index is 10.8. The second kappa shape index (κ2) is 4.81. The van der Waals surface area contributed by atoms with Crippen molar-refractivity contribution in [1.29, 1.82) is 0 Å². The maximum Gasteiger partial charge on any atom is 0.374 e. The predicted octanol–water partition coefficient (Wildman–Crippen LogP) is 2.72. The summed E-state index contributed by atoms with van der Waals surface area (Å²) in [6.07, 6.45) is 0. The molecule has 2 aromatic rings. The van der Waals surface area contributed by atoms with Gasteiger partial charge in [-0.05, 0) is 12.5 Å². The number of carboxylic acid groups (broad SMARTS) is 1. The molecule has 0 atom stereocenters. The van der Waals surface area contributed by atoms with Gasteiger partial charge in [0, 0.05) is 17.2 Å². The SMILES string of the molecule is COc1c(O)cc(Cl)c(C)c1-c1cc(C(=O)O)on1. The minimum absolute atomic E-state index is 0.159. The molecule has 0 spiro atoms.